The van der Waals surface area contributed by atoms with Crippen molar-refractivity contribution >= 4 is 22.9 Å². The van der Waals surface area contributed by atoms with Crippen LogP contribution in [-0.2, 0) is 6.42 Å². The van der Waals surface area contributed by atoms with Gasteiger partial charge in [-0.3, -0.25) is 0 Å². The minimum absolute atomic E-state index is 0.267. The molecule has 1 unspecified atom stereocenters. The van der Waals surface area contributed by atoms with E-state index in [-0.39, 0.29) is 5.92 Å². The van der Waals surface area contributed by atoms with E-state index in [9.17, 15) is 0 Å². The van der Waals surface area contributed by atoms with Gasteiger partial charge in [0.2, 0.25) is 0 Å². The normalized spacial score (nSPS) is 12.6. The molecule has 0 spiro atoms. The topological polar surface area (TPSA) is 38.9 Å². The summed E-state index contributed by atoms with van der Waals surface area (Å²) in [6, 6.07) is 7.91. The SMILES string of the molecule is Cc1ncc(CC(CN)c2ccccc2Cl)s1. The highest BCUT2D eigenvalue weighted by Gasteiger charge is 2.14. The Morgan fingerprint density at radius 3 is 2.76 bits per heavy atom. The lowest BCUT2D eigenvalue weighted by molar-refractivity contribution is 0.700. The molecule has 0 saturated carbocycles. The number of halogens is 1. The first kappa shape index (κ1) is 12.6. The number of aryl methyl sites for hydroxylation is 1. The van der Waals surface area contributed by atoms with E-state index in [1.165, 1.54) is 4.88 Å². The number of nitrogens with two attached hydrogens (primary N) is 1. The van der Waals surface area contributed by atoms with Gasteiger partial charge in [-0.1, -0.05) is 29.8 Å². The Balaban J connectivity index is 2.20. The summed E-state index contributed by atoms with van der Waals surface area (Å²) < 4.78 is 0. The molecule has 2 nitrogen and oxygen atoms in total. The molecule has 1 atom stereocenters. The van der Waals surface area contributed by atoms with Gasteiger partial charge >= 0.3 is 0 Å². The van der Waals surface area contributed by atoms with E-state index in [0.717, 1.165) is 22.0 Å². The maximum Gasteiger partial charge on any atom is 0.0896 e. The fourth-order valence-electron chi connectivity index (χ4n) is 1.87. The molecule has 0 amide bonds. The van der Waals surface area contributed by atoms with E-state index in [4.69, 9.17) is 17.3 Å². The minimum Gasteiger partial charge on any atom is -0.330 e. The highest BCUT2D eigenvalue weighted by Crippen LogP contribution is 2.28. The molecule has 4 heteroatoms. The third-order valence-electron chi connectivity index (χ3n) is 2.75. The Morgan fingerprint density at radius 2 is 2.18 bits per heavy atom. The van der Waals surface area contributed by atoms with Gasteiger partial charge < -0.3 is 5.73 Å². The van der Waals surface area contributed by atoms with Gasteiger partial charge in [-0.2, -0.15) is 0 Å². The van der Waals surface area contributed by atoms with Gasteiger partial charge in [0, 0.05) is 22.0 Å². The number of aromatic nitrogens is 1. The van der Waals surface area contributed by atoms with Crippen molar-refractivity contribution in [2.75, 3.05) is 6.54 Å². The summed E-state index contributed by atoms with van der Waals surface area (Å²) in [7, 11) is 0. The van der Waals surface area contributed by atoms with E-state index in [1.54, 1.807) is 11.3 Å². The molecule has 2 aromatic rings. The Morgan fingerprint density at radius 1 is 1.41 bits per heavy atom. The van der Waals surface area contributed by atoms with Crippen molar-refractivity contribution in [1.29, 1.82) is 0 Å². The van der Waals surface area contributed by atoms with Crippen LogP contribution >= 0.6 is 22.9 Å². The van der Waals surface area contributed by atoms with Gasteiger partial charge in [-0.05, 0) is 31.5 Å². The molecule has 0 aliphatic heterocycles. The van der Waals surface area contributed by atoms with Crippen molar-refractivity contribution < 1.29 is 0 Å². The standard InChI is InChI=1S/C13H15ClN2S/c1-9-16-8-11(17-9)6-10(7-15)12-4-2-3-5-13(12)14/h2-5,8,10H,6-7,15H2,1H3. The molecule has 0 bridgehead atoms. The van der Waals surface area contributed by atoms with E-state index < -0.39 is 0 Å². The van der Waals surface area contributed by atoms with Crippen LogP contribution in [-0.4, -0.2) is 11.5 Å². The molecule has 17 heavy (non-hydrogen) atoms. The zero-order valence-electron chi connectivity index (χ0n) is 9.69. The van der Waals surface area contributed by atoms with E-state index in [0.29, 0.717) is 6.54 Å². The fraction of sp³-hybridized carbons (Fsp3) is 0.308. The van der Waals surface area contributed by atoms with Gasteiger partial charge in [0.25, 0.3) is 0 Å². The summed E-state index contributed by atoms with van der Waals surface area (Å²) in [6.07, 6.45) is 2.84. The van der Waals surface area contributed by atoms with Crippen LogP contribution in [0, 0.1) is 6.92 Å². The highest BCUT2D eigenvalue weighted by atomic mass is 35.5. The van der Waals surface area contributed by atoms with Crippen molar-refractivity contribution in [3.63, 3.8) is 0 Å². The fourth-order valence-corrected chi connectivity index (χ4v) is 3.03. The molecule has 0 aliphatic carbocycles. The Kier molecular flexibility index (Phi) is 4.15. The van der Waals surface area contributed by atoms with Gasteiger partial charge in [0.05, 0.1) is 5.01 Å². The maximum absolute atomic E-state index is 6.20. The number of benzene rings is 1. The Labute approximate surface area is 110 Å². The highest BCUT2D eigenvalue weighted by molar-refractivity contribution is 7.11. The second-order valence-corrected chi connectivity index (χ2v) is 5.73. The summed E-state index contributed by atoms with van der Waals surface area (Å²) >= 11 is 7.92. The largest absolute Gasteiger partial charge is 0.330 e. The molecular formula is C13H15ClN2S. The van der Waals surface area contributed by atoms with Crippen molar-refractivity contribution in [3.8, 4) is 0 Å². The summed E-state index contributed by atoms with van der Waals surface area (Å²) in [5.74, 6) is 0.267. The zero-order chi connectivity index (χ0) is 12.3. The number of hydrogen-bond acceptors (Lipinski definition) is 3. The van der Waals surface area contributed by atoms with Crippen LogP contribution in [0.1, 0.15) is 21.4 Å². The van der Waals surface area contributed by atoms with Crippen molar-refractivity contribution in [2.24, 2.45) is 5.73 Å². The smallest absolute Gasteiger partial charge is 0.0896 e. The molecule has 90 valence electrons. The number of nitrogens with zero attached hydrogens (tertiary/aromatic N) is 1. The molecule has 2 rings (SSSR count). The van der Waals surface area contributed by atoms with Crippen LogP contribution < -0.4 is 5.73 Å². The van der Waals surface area contributed by atoms with Crippen LogP contribution in [0.2, 0.25) is 5.02 Å². The molecule has 0 radical (unpaired) electrons. The second-order valence-electron chi connectivity index (χ2n) is 4.00. The lowest BCUT2D eigenvalue weighted by Gasteiger charge is -2.15. The molecule has 0 saturated heterocycles. The van der Waals surface area contributed by atoms with Crippen molar-refractivity contribution in [2.45, 2.75) is 19.3 Å². The first-order valence-corrected chi connectivity index (χ1v) is 6.76. The Hall–Kier alpha value is -0.900. The predicted molar refractivity (Wildman–Crippen MR) is 73.8 cm³/mol. The average Bonchev–Trinajstić information content (AvgIpc) is 2.73. The molecule has 0 fully saturated rings. The Bertz CT molecular complexity index is 496. The first-order chi connectivity index (χ1) is 8.20. The van der Waals surface area contributed by atoms with Gasteiger partial charge in [0.15, 0.2) is 0 Å². The van der Waals surface area contributed by atoms with Gasteiger partial charge in [-0.15, -0.1) is 11.3 Å². The lowest BCUT2D eigenvalue weighted by atomic mass is 9.95. The zero-order valence-corrected chi connectivity index (χ0v) is 11.3. The molecule has 1 aromatic heterocycles. The summed E-state index contributed by atoms with van der Waals surface area (Å²) in [6.45, 7) is 2.61. The molecule has 1 heterocycles. The third kappa shape index (κ3) is 3.06. The van der Waals surface area contributed by atoms with Gasteiger partial charge in [0.1, 0.15) is 0 Å². The van der Waals surface area contributed by atoms with Crippen LogP contribution in [0.4, 0.5) is 0 Å². The number of thiazole rings is 1. The summed E-state index contributed by atoms with van der Waals surface area (Å²) in [5, 5.41) is 1.89. The predicted octanol–water partition coefficient (Wildman–Crippen LogP) is 3.39. The van der Waals surface area contributed by atoms with Crippen LogP contribution in [0.15, 0.2) is 30.5 Å². The van der Waals surface area contributed by atoms with E-state index in [1.807, 2.05) is 37.4 Å². The van der Waals surface area contributed by atoms with E-state index in [2.05, 4.69) is 4.98 Å². The quantitative estimate of drug-likeness (QED) is 0.921. The first-order valence-electron chi connectivity index (χ1n) is 5.56. The summed E-state index contributed by atoms with van der Waals surface area (Å²) in [5.41, 5.74) is 6.98. The minimum atomic E-state index is 0.267. The number of hydrogen-bond donors (Lipinski definition) is 1. The number of rotatable bonds is 4. The molecule has 0 aliphatic rings. The average molecular weight is 267 g/mol. The maximum atomic E-state index is 6.20. The van der Waals surface area contributed by atoms with Crippen molar-refractivity contribution in [3.05, 3.63) is 50.9 Å². The van der Waals surface area contributed by atoms with Crippen molar-refractivity contribution in [1.82, 2.24) is 4.98 Å². The molecule has 2 N–H and O–H groups in total. The monoisotopic (exact) mass is 266 g/mol. The van der Waals surface area contributed by atoms with Crippen LogP contribution in [0.5, 0.6) is 0 Å². The second kappa shape index (κ2) is 5.63. The van der Waals surface area contributed by atoms with Gasteiger partial charge in [-0.25, -0.2) is 4.98 Å². The molecular weight excluding hydrogens is 252 g/mol. The molecule has 1 aromatic carbocycles. The van der Waals surface area contributed by atoms with Crippen LogP contribution in [0.3, 0.4) is 0 Å². The van der Waals surface area contributed by atoms with E-state index >= 15 is 0 Å². The summed E-state index contributed by atoms with van der Waals surface area (Å²) in [4.78, 5) is 5.53. The lowest BCUT2D eigenvalue weighted by Crippen LogP contribution is -2.15. The third-order valence-corrected chi connectivity index (χ3v) is 4.03. The van der Waals surface area contributed by atoms with Crippen LogP contribution in [0.25, 0.3) is 0 Å².